The third kappa shape index (κ3) is 1.78. The third-order valence-electron chi connectivity index (χ3n) is 4.07. The highest BCUT2D eigenvalue weighted by Crippen LogP contribution is 2.37. The van der Waals surface area contributed by atoms with E-state index in [4.69, 9.17) is 9.47 Å². The molecule has 0 aliphatic carbocycles. The fourth-order valence-electron chi connectivity index (χ4n) is 3.01. The highest BCUT2D eigenvalue weighted by molar-refractivity contribution is 5.49. The van der Waals surface area contributed by atoms with Gasteiger partial charge in [-0.15, -0.1) is 0 Å². The number of aliphatic hydroxyl groups is 1. The third-order valence-corrected chi connectivity index (χ3v) is 4.07. The van der Waals surface area contributed by atoms with Gasteiger partial charge in [0, 0.05) is 18.4 Å². The summed E-state index contributed by atoms with van der Waals surface area (Å²) in [6.07, 6.45) is 1.20. The van der Waals surface area contributed by atoms with Crippen molar-refractivity contribution in [3.63, 3.8) is 0 Å². The summed E-state index contributed by atoms with van der Waals surface area (Å²) in [5.74, 6) is 1.80. The van der Waals surface area contributed by atoms with Crippen LogP contribution in [0.2, 0.25) is 0 Å². The molecule has 102 valence electrons. The van der Waals surface area contributed by atoms with Crippen LogP contribution in [-0.2, 0) is 12.8 Å². The number of rotatable bonds is 2. The molecule has 2 aliphatic rings. The molecule has 0 spiro atoms. The molecule has 1 N–H and O–H groups in total. The van der Waals surface area contributed by atoms with Crippen molar-refractivity contribution >= 4 is 0 Å². The topological polar surface area (TPSA) is 38.7 Å². The van der Waals surface area contributed by atoms with Crippen LogP contribution < -0.4 is 9.47 Å². The molecular formula is C17H16O3. The zero-order chi connectivity index (χ0) is 13.5. The first-order valence-corrected chi connectivity index (χ1v) is 7.01. The van der Waals surface area contributed by atoms with E-state index in [-0.39, 0.29) is 0 Å². The Balaban J connectivity index is 1.74. The smallest absolute Gasteiger partial charge is 0.128 e. The molecule has 2 heterocycles. The van der Waals surface area contributed by atoms with Gasteiger partial charge >= 0.3 is 0 Å². The van der Waals surface area contributed by atoms with Gasteiger partial charge in [0.1, 0.15) is 17.6 Å². The average Bonchev–Trinajstić information content (AvgIpc) is 3.13. The maximum Gasteiger partial charge on any atom is 0.128 e. The number of hydrogen-bond acceptors (Lipinski definition) is 3. The van der Waals surface area contributed by atoms with E-state index in [9.17, 15) is 5.11 Å². The fraction of sp³-hybridized carbons (Fsp3) is 0.294. The average molecular weight is 268 g/mol. The second-order valence-corrected chi connectivity index (χ2v) is 5.30. The van der Waals surface area contributed by atoms with Gasteiger partial charge in [0.25, 0.3) is 0 Å². The Bertz CT molecular complexity index is 663. The van der Waals surface area contributed by atoms with Crippen molar-refractivity contribution in [2.75, 3.05) is 13.2 Å². The molecule has 2 aliphatic heterocycles. The van der Waals surface area contributed by atoms with Crippen molar-refractivity contribution in [2.45, 2.75) is 18.9 Å². The van der Waals surface area contributed by atoms with Crippen LogP contribution in [0.15, 0.2) is 36.4 Å². The van der Waals surface area contributed by atoms with Crippen LogP contribution in [0.25, 0.3) is 0 Å². The van der Waals surface area contributed by atoms with Crippen LogP contribution in [-0.4, -0.2) is 18.3 Å². The lowest BCUT2D eigenvalue weighted by Crippen LogP contribution is -2.02. The summed E-state index contributed by atoms with van der Waals surface area (Å²) in [4.78, 5) is 0. The summed E-state index contributed by atoms with van der Waals surface area (Å²) < 4.78 is 11.2. The first kappa shape index (κ1) is 11.8. The van der Waals surface area contributed by atoms with E-state index in [0.717, 1.165) is 42.1 Å². The molecule has 3 nitrogen and oxygen atoms in total. The van der Waals surface area contributed by atoms with Crippen molar-refractivity contribution in [2.24, 2.45) is 0 Å². The number of ether oxygens (including phenoxy) is 2. The van der Waals surface area contributed by atoms with Gasteiger partial charge in [-0.2, -0.15) is 0 Å². The lowest BCUT2D eigenvalue weighted by atomic mass is 9.96. The fourth-order valence-corrected chi connectivity index (χ4v) is 3.01. The van der Waals surface area contributed by atoms with Gasteiger partial charge < -0.3 is 14.6 Å². The Morgan fingerprint density at radius 2 is 1.80 bits per heavy atom. The lowest BCUT2D eigenvalue weighted by molar-refractivity contribution is 0.213. The molecule has 3 heteroatoms. The zero-order valence-corrected chi connectivity index (χ0v) is 11.1. The van der Waals surface area contributed by atoms with E-state index in [1.54, 1.807) is 0 Å². The molecule has 1 unspecified atom stereocenters. The highest BCUT2D eigenvalue weighted by Gasteiger charge is 2.23. The molecule has 0 bridgehead atoms. The van der Waals surface area contributed by atoms with Crippen molar-refractivity contribution < 1.29 is 14.6 Å². The minimum Gasteiger partial charge on any atom is -0.493 e. The molecule has 1 atom stereocenters. The van der Waals surface area contributed by atoms with E-state index in [0.29, 0.717) is 6.61 Å². The van der Waals surface area contributed by atoms with Crippen LogP contribution in [0.5, 0.6) is 11.5 Å². The van der Waals surface area contributed by atoms with E-state index in [2.05, 4.69) is 6.07 Å². The summed E-state index contributed by atoms with van der Waals surface area (Å²) in [7, 11) is 0. The number of hydrogen-bond donors (Lipinski definition) is 1. The maximum absolute atomic E-state index is 10.7. The summed E-state index contributed by atoms with van der Waals surface area (Å²) in [5, 5.41) is 10.7. The van der Waals surface area contributed by atoms with Gasteiger partial charge in [-0.1, -0.05) is 24.3 Å². The second-order valence-electron chi connectivity index (χ2n) is 5.30. The van der Waals surface area contributed by atoms with E-state index in [1.165, 1.54) is 11.1 Å². The molecule has 0 saturated heterocycles. The van der Waals surface area contributed by atoms with Crippen LogP contribution in [0.1, 0.15) is 28.4 Å². The minimum absolute atomic E-state index is 0.644. The highest BCUT2D eigenvalue weighted by atomic mass is 16.5. The molecule has 4 rings (SSSR count). The van der Waals surface area contributed by atoms with Gasteiger partial charge in [0.15, 0.2) is 0 Å². The first-order valence-electron chi connectivity index (χ1n) is 7.01. The molecule has 2 aromatic carbocycles. The van der Waals surface area contributed by atoms with Gasteiger partial charge in [0.05, 0.1) is 13.2 Å². The molecule has 0 saturated carbocycles. The van der Waals surface area contributed by atoms with Crippen LogP contribution in [0, 0.1) is 0 Å². The molecular weight excluding hydrogens is 252 g/mol. The van der Waals surface area contributed by atoms with Crippen molar-refractivity contribution in [1.82, 2.24) is 0 Å². The summed E-state index contributed by atoms with van der Waals surface area (Å²) >= 11 is 0. The Hall–Kier alpha value is -2.00. The Kier molecular flexibility index (Phi) is 2.67. The van der Waals surface area contributed by atoms with Gasteiger partial charge in [-0.05, 0) is 28.8 Å². The SMILES string of the molecule is OC(c1ccc2c(c1)CCO2)c1cccc2c1OCC2. The number of para-hydroxylation sites is 1. The monoisotopic (exact) mass is 268 g/mol. The molecule has 20 heavy (non-hydrogen) atoms. The maximum atomic E-state index is 10.7. The molecule has 0 radical (unpaired) electrons. The van der Waals surface area contributed by atoms with E-state index >= 15 is 0 Å². The van der Waals surface area contributed by atoms with Gasteiger partial charge in [0.2, 0.25) is 0 Å². The number of fused-ring (bicyclic) bond motifs is 2. The Morgan fingerprint density at radius 1 is 0.950 bits per heavy atom. The molecule has 2 aromatic rings. The first-order chi connectivity index (χ1) is 9.83. The van der Waals surface area contributed by atoms with Gasteiger partial charge in [-0.3, -0.25) is 0 Å². The van der Waals surface area contributed by atoms with E-state index < -0.39 is 6.10 Å². The summed E-state index contributed by atoms with van der Waals surface area (Å²) in [6, 6.07) is 11.9. The normalized spacial score (nSPS) is 17.1. The second kappa shape index (κ2) is 4.53. The van der Waals surface area contributed by atoms with Crippen LogP contribution in [0.4, 0.5) is 0 Å². The predicted molar refractivity (Wildman–Crippen MR) is 75.3 cm³/mol. The quantitative estimate of drug-likeness (QED) is 0.910. The Morgan fingerprint density at radius 3 is 2.75 bits per heavy atom. The predicted octanol–water partition coefficient (Wildman–Crippen LogP) is 2.64. The largest absolute Gasteiger partial charge is 0.493 e. The number of benzene rings is 2. The standard InChI is InChI=1S/C17H16O3/c18-16(13-4-5-15-12(10-13)7-8-19-15)14-3-1-2-11-6-9-20-17(11)14/h1-5,10,16,18H,6-9H2. The lowest BCUT2D eigenvalue weighted by Gasteiger charge is -2.15. The van der Waals surface area contributed by atoms with Gasteiger partial charge in [-0.25, -0.2) is 0 Å². The summed E-state index contributed by atoms with van der Waals surface area (Å²) in [6.45, 7) is 1.44. The van der Waals surface area contributed by atoms with Crippen molar-refractivity contribution in [3.8, 4) is 11.5 Å². The molecule has 0 aromatic heterocycles. The molecule has 0 amide bonds. The summed E-state index contributed by atoms with van der Waals surface area (Å²) in [5.41, 5.74) is 4.12. The minimum atomic E-state index is -0.644. The molecule has 0 fully saturated rings. The van der Waals surface area contributed by atoms with Crippen molar-refractivity contribution in [1.29, 1.82) is 0 Å². The van der Waals surface area contributed by atoms with E-state index in [1.807, 2.05) is 30.3 Å². The van der Waals surface area contributed by atoms with Crippen LogP contribution >= 0.6 is 0 Å². The van der Waals surface area contributed by atoms with Crippen molar-refractivity contribution in [3.05, 3.63) is 58.7 Å². The Labute approximate surface area is 117 Å². The number of aliphatic hydroxyl groups excluding tert-OH is 1. The van der Waals surface area contributed by atoms with Crippen LogP contribution in [0.3, 0.4) is 0 Å². The zero-order valence-electron chi connectivity index (χ0n) is 11.1.